The zero-order valence-corrected chi connectivity index (χ0v) is 12.4. The largest absolute Gasteiger partial charge is 0.386 e. The Hall–Kier alpha value is -1.99. The molecule has 0 aliphatic carbocycles. The number of hydrogen-bond donors (Lipinski definition) is 2. The molecule has 0 aliphatic rings. The molecule has 0 spiro atoms. The predicted octanol–water partition coefficient (Wildman–Crippen LogP) is 2.75. The Balaban J connectivity index is 2.58. The van der Waals surface area contributed by atoms with Crippen LogP contribution >= 0.6 is 11.6 Å². The predicted molar refractivity (Wildman–Crippen MR) is 79.9 cm³/mol. The van der Waals surface area contributed by atoms with Gasteiger partial charge in [-0.1, -0.05) is 30.7 Å². The van der Waals surface area contributed by atoms with E-state index in [-0.39, 0.29) is 17.5 Å². The van der Waals surface area contributed by atoms with Gasteiger partial charge in [0.1, 0.15) is 11.6 Å². The third-order valence-electron chi connectivity index (χ3n) is 2.80. The Kier molecular flexibility index (Phi) is 6.61. The molecule has 2 N–H and O–H groups in total. The first-order chi connectivity index (χ1) is 9.56. The standard InChI is InChI=1S/C15H18ClN3O/c1-3-11(2)19-15(20)13(8-17)10-18-9-12-5-4-6-14(16)7-12/h4-7,10-11,18H,3,9H2,1-2H3,(H,19,20)/b13-10-. The highest BCUT2D eigenvalue weighted by Crippen LogP contribution is 2.10. The molecule has 0 fully saturated rings. The van der Waals surface area contributed by atoms with Crippen LogP contribution in [0.15, 0.2) is 36.0 Å². The van der Waals surface area contributed by atoms with Gasteiger partial charge in [-0.2, -0.15) is 5.26 Å². The Labute approximate surface area is 124 Å². The second kappa shape index (κ2) is 8.23. The molecule has 4 nitrogen and oxygen atoms in total. The molecule has 106 valence electrons. The van der Waals surface area contributed by atoms with Gasteiger partial charge >= 0.3 is 0 Å². The third kappa shape index (κ3) is 5.33. The molecule has 0 aromatic heterocycles. The molecule has 1 aromatic rings. The summed E-state index contributed by atoms with van der Waals surface area (Å²) in [6, 6.07) is 9.32. The van der Waals surface area contributed by atoms with Crippen LogP contribution < -0.4 is 10.6 Å². The van der Waals surface area contributed by atoms with Crippen LogP contribution in [0, 0.1) is 11.3 Å². The van der Waals surface area contributed by atoms with Gasteiger partial charge in [0.05, 0.1) is 0 Å². The number of rotatable bonds is 6. The van der Waals surface area contributed by atoms with Gasteiger partial charge in [0.15, 0.2) is 0 Å². The molecule has 20 heavy (non-hydrogen) atoms. The Morgan fingerprint density at radius 2 is 2.30 bits per heavy atom. The first kappa shape index (κ1) is 16.1. The Bertz CT molecular complexity index is 534. The summed E-state index contributed by atoms with van der Waals surface area (Å²) in [5, 5.41) is 15.3. The van der Waals surface area contributed by atoms with E-state index in [1.165, 1.54) is 6.20 Å². The molecule has 0 saturated heterocycles. The minimum atomic E-state index is -0.361. The van der Waals surface area contributed by atoms with Crippen molar-refractivity contribution in [3.8, 4) is 6.07 Å². The quantitative estimate of drug-likeness (QED) is 0.626. The monoisotopic (exact) mass is 291 g/mol. The molecule has 1 unspecified atom stereocenters. The van der Waals surface area contributed by atoms with Crippen molar-refractivity contribution < 1.29 is 4.79 Å². The minimum Gasteiger partial charge on any atom is -0.386 e. The van der Waals surface area contributed by atoms with Crippen molar-refractivity contribution in [3.05, 3.63) is 46.6 Å². The number of carbonyl (C=O) groups is 1. The number of amides is 1. The molecule has 1 amide bonds. The zero-order valence-electron chi connectivity index (χ0n) is 11.6. The zero-order chi connectivity index (χ0) is 15.0. The van der Waals surface area contributed by atoms with E-state index >= 15 is 0 Å². The fraction of sp³-hybridized carbons (Fsp3) is 0.333. The summed E-state index contributed by atoms with van der Waals surface area (Å²) in [5.41, 5.74) is 1.04. The van der Waals surface area contributed by atoms with Gasteiger partial charge in [-0.3, -0.25) is 4.79 Å². The molecule has 1 aromatic carbocycles. The van der Waals surface area contributed by atoms with E-state index in [1.54, 1.807) is 6.07 Å². The molecule has 5 heteroatoms. The average molecular weight is 292 g/mol. The summed E-state index contributed by atoms with van der Waals surface area (Å²) < 4.78 is 0. The van der Waals surface area contributed by atoms with E-state index in [0.29, 0.717) is 11.6 Å². The van der Waals surface area contributed by atoms with Gasteiger partial charge in [-0.25, -0.2) is 0 Å². The van der Waals surface area contributed by atoms with Crippen molar-refractivity contribution in [1.82, 2.24) is 10.6 Å². The van der Waals surface area contributed by atoms with Crippen LogP contribution in [0.4, 0.5) is 0 Å². The smallest absolute Gasteiger partial charge is 0.263 e. The van der Waals surface area contributed by atoms with E-state index in [2.05, 4.69) is 10.6 Å². The molecule has 1 rings (SSSR count). The molecule has 0 saturated carbocycles. The first-order valence-electron chi connectivity index (χ1n) is 6.45. The molecular formula is C15H18ClN3O. The summed E-state index contributed by atoms with van der Waals surface area (Å²) in [4.78, 5) is 11.8. The van der Waals surface area contributed by atoms with Gasteiger partial charge in [-0.15, -0.1) is 0 Å². The third-order valence-corrected chi connectivity index (χ3v) is 3.03. The topological polar surface area (TPSA) is 64.9 Å². The second-order valence-electron chi connectivity index (χ2n) is 4.46. The van der Waals surface area contributed by atoms with Crippen molar-refractivity contribution in [3.63, 3.8) is 0 Å². The normalized spacial score (nSPS) is 12.4. The maximum absolute atomic E-state index is 11.8. The lowest BCUT2D eigenvalue weighted by Crippen LogP contribution is -2.33. The van der Waals surface area contributed by atoms with Gasteiger partial charge in [-0.05, 0) is 31.0 Å². The molecule has 0 heterocycles. The van der Waals surface area contributed by atoms with E-state index in [1.807, 2.05) is 38.1 Å². The Morgan fingerprint density at radius 1 is 1.55 bits per heavy atom. The SMILES string of the molecule is CCC(C)NC(=O)/C(C#N)=C\NCc1cccc(Cl)c1. The highest BCUT2D eigenvalue weighted by atomic mass is 35.5. The van der Waals surface area contributed by atoms with E-state index in [4.69, 9.17) is 16.9 Å². The fourth-order valence-electron chi connectivity index (χ4n) is 1.47. The van der Waals surface area contributed by atoms with E-state index < -0.39 is 0 Å². The number of nitrogens with one attached hydrogen (secondary N) is 2. The molecule has 1 atom stereocenters. The maximum atomic E-state index is 11.8. The van der Waals surface area contributed by atoms with Crippen molar-refractivity contribution >= 4 is 17.5 Å². The summed E-state index contributed by atoms with van der Waals surface area (Å²) in [7, 11) is 0. The molecular weight excluding hydrogens is 274 g/mol. The van der Waals surface area contributed by atoms with Crippen LogP contribution in [0.25, 0.3) is 0 Å². The fourth-order valence-corrected chi connectivity index (χ4v) is 1.68. The van der Waals surface area contributed by atoms with Crippen LogP contribution in [0.2, 0.25) is 5.02 Å². The van der Waals surface area contributed by atoms with Crippen LogP contribution in [-0.4, -0.2) is 11.9 Å². The molecule has 0 radical (unpaired) electrons. The number of halogens is 1. The lowest BCUT2D eigenvalue weighted by atomic mass is 10.2. The van der Waals surface area contributed by atoms with Crippen molar-refractivity contribution in [1.29, 1.82) is 5.26 Å². The van der Waals surface area contributed by atoms with Gasteiger partial charge in [0.25, 0.3) is 5.91 Å². The number of carbonyl (C=O) groups excluding carboxylic acids is 1. The highest BCUT2D eigenvalue weighted by Gasteiger charge is 2.10. The Morgan fingerprint density at radius 3 is 2.90 bits per heavy atom. The summed E-state index contributed by atoms with van der Waals surface area (Å²) >= 11 is 5.88. The van der Waals surface area contributed by atoms with Crippen LogP contribution in [0.1, 0.15) is 25.8 Å². The number of nitriles is 1. The minimum absolute atomic E-state index is 0.0483. The average Bonchev–Trinajstić information content (AvgIpc) is 2.43. The number of nitrogens with zero attached hydrogens (tertiary/aromatic N) is 1. The summed E-state index contributed by atoms with van der Waals surface area (Å²) in [5.74, 6) is -0.361. The van der Waals surface area contributed by atoms with E-state index in [0.717, 1.165) is 12.0 Å². The van der Waals surface area contributed by atoms with Crippen LogP contribution in [0.5, 0.6) is 0 Å². The maximum Gasteiger partial charge on any atom is 0.263 e. The van der Waals surface area contributed by atoms with Crippen molar-refractivity contribution in [2.24, 2.45) is 0 Å². The molecule has 0 aliphatic heterocycles. The van der Waals surface area contributed by atoms with Crippen molar-refractivity contribution in [2.75, 3.05) is 0 Å². The lowest BCUT2D eigenvalue weighted by Gasteiger charge is -2.10. The highest BCUT2D eigenvalue weighted by molar-refractivity contribution is 6.30. The van der Waals surface area contributed by atoms with Gasteiger partial charge < -0.3 is 10.6 Å². The van der Waals surface area contributed by atoms with E-state index in [9.17, 15) is 4.79 Å². The van der Waals surface area contributed by atoms with Crippen molar-refractivity contribution in [2.45, 2.75) is 32.9 Å². The summed E-state index contributed by atoms with van der Waals surface area (Å²) in [6.45, 7) is 4.37. The number of benzene rings is 1. The summed E-state index contributed by atoms with van der Waals surface area (Å²) in [6.07, 6.45) is 2.25. The first-order valence-corrected chi connectivity index (χ1v) is 6.83. The van der Waals surface area contributed by atoms with Gasteiger partial charge in [0, 0.05) is 23.8 Å². The lowest BCUT2D eigenvalue weighted by molar-refractivity contribution is -0.117. The van der Waals surface area contributed by atoms with Gasteiger partial charge in [0.2, 0.25) is 0 Å². The molecule has 0 bridgehead atoms. The van der Waals surface area contributed by atoms with Crippen LogP contribution in [-0.2, 0) is 11.3 Å². The number of hydrogen-bond acceptors (Lipinski definition) is 3. The second-order valence-corrected chi connectivity index (χ2v) is 4.90. The van der Waals surface area contributed by atoms with Crippen LogP contribution in [0.3, 0.4) is 0 Å².